The minimum Gasteiger partial charge on any atom is -0.508 e. The molecular weight excluding hydrogens is 223 g/mol. The van der Waals surface area contributed by atoms with Gasteiger partial charge in [-0.15, -0.1) is 0 Å². The van der Waals surface area contributed by atoms with Crippen LogP contribution < -0.4 is 0 Å². The molecular formula is C13H9FO3. The van der Waals surface area contributed by atoms with E-state index in [1.807, 2.05) is 0 Å². The van der Waals surface area contributed by atoms with Gasteiger partial charge in [-0.2, -0.15) is 0 Å². The first-order chi connectivity index (χ1) is 8.06. The van der Waals surface area contributed by atoms with Crippen molar-refractivity contribution in [1.29, 1.82) is 0 Å². The summed E-state index contributed by atoms with van der Waals surface area (Å²) in [6, 6.07) is 9.66. The zero-order valence-electron chi connectivity index (χ0n) is 8.72. The molecule has 86 valence electrons. The van der Waals surface area contributed by atoms with E-state index in [-0.39, 0.29) is 11.3 Å². The second kappa shape index (κ2) is 4.25. The molecule has 0 aliphatic heterocycles. The van der Waals surface area contributed by atoms with Crippen LogP contribution in [-0.2, 0) is 0 Å². The molecule has 0 fully saturated rings. The van der Waals surface area contributed by atoms with Crippen LogP contribution in [0.5, 0.6) is 5.75 Å². The molecule has 0 unspecified atom stereocenters. The fourth-order valence-electron chi connectivity index (χ4n) is 1.57. The molecule has 0 radical (unpaired) electrons. The van der Waals surface area contributed by atoms with Crippen molar-refractivity contribution in [3.8, 4) is 16.9 Å². The number of carboxylic acid groups (broad SMARTS) is 1. The first-order valence-electron chi connectivity index (χ1n) is 4.89. The van der Waals surface area contributed by atoms with Crippen LogP contribution in [0.25, 0.3) is 11.1 Å². The van der Waals surface area contributed by atoms with Gasteiger partial charge in [0.1, 0.15) is 11.6 Å². The maximum absolute atomic E-state index is 13.0. The summed E-state index contributed by atoms with van der Waals surface area (Å²) >= 11 is 0. The number of benzene rings is 2. The zero-order valence-corrected chi connectivity index (χ0v) is 8.72. The van der Waals surface area contributed by atoms with Crippen molar-refractivity contribution in [2.45, 2.75) is 0 Å². The number of phenolic OH excluding ortho intramolecular Hbond substituents is 1. The highest BCUT2D eigenvalue weighted by Crippen LogP contribution is 2.26. The van der Waals surface area contributed by atoms with Gasteiger partial charge in [0, 0.05) is 0 Å². The van der Waals surface area contributed by atoms with Crippen LogP contribution in [0.15, 0.2) is 42.5 Å². The Labute approximate surface area is 96.8 Å². The lowest BCUT2D eigenvalue weighted by Gasteiger charge is -2.04. The van der Waals surface area contributed by atoms with E-state index >= 15 is 0 Å². The molecule has 17 heavy (non-hydrogen) atoms. The molecule has 0 atom stereocenters. The minimum atomic E-state index is -1.14. The predicted octanol–water partition coefficient (Wildman–Crippen LogP) is 2.90. The topological polar surface area (TPSA) is 57.5 Å². The molecule has 3 nitrogen and oxygen atoms in total. The average molecular weight is 232 g/mol. The largest absolute Gasteiger partial charge is 0.508 e. The van der Waals surface area contributed by atoms with Crippen molar-refractivity contribution in [2.24, 2.45) is 0 Å². The standard InChI is InChI=1S/C13H9FO3/c14-11-3-1-2-8(5-11)9-4-10(13(16)17)7-12(15)6-9/h1-7,15H,(H,16,17). The van der Waals surface area contributed by atoms with E-state index in [4.69, 9.17) is 5.11 Å². The van der Waals surface area contributed by atoms with E-state index in [9.17, 15) is 14.3 Å². The van der Waals surface area contributed by atoms with Gasteiger partial charge in [-0.1, -0.05) is 12.1 Å². The van der Waals surface area contributed by atoms with Crippen LogP contribution >= 0.6 is 0 Å². The normalized spacial score (nSPS) is 10.2. The molecule has 0 heterocycles. The minimum absolute atomic E-state index is 0.0377. The van der Waals surface area contributed by atoms with Gasteiger partial charge < -0.3 is 10.2 Å². The Morgan fingerprint density at radius 3 is 2.47 bits per heavy atom. The van der Waals surface area contributed by atoms with Gasteiger partial charge in [0.25, 0.3) is 0 Å². The van der Waals surface area contributed by atoms with Crippen molar-refractivity contribution in [1.82, 2.24) is 0 Å². The van der Waals surface area contributed by atoms with E-state index in [1.165, 1.54) is 30.3 Å². The maximum atomic E-state index is 13.0. The lowest BCUT2D eigenvalue weighted by atomic mass is 10.0. The molecule has 2 N–H and O–H groups in total. The Kier molecular flexibility index (Phi) is 2.78. The molecule has 2 aromatic carbocycles. The fraction of sp³-hybridized carbons (Fsp3) is 0. The predicted molar refractivity (Wildman–Crippen MR) is 60.5 cm³/mol. The summed E-state index contributed by atoms with van der Waals surface area (Å²) < 4.78 is 13.0. The van der Waals surface area contributed by atoms with Crippen LogP contribution in [0, 0.1) is 5.82 Å². The number of carbonyl (C=O) groups is 1. The van der Waals surface area contributed by atoms with Gasteiger partial charge in [-0.3, -0.25) is 0 Å². The smallest absolute Gasteiger partial charge is 0.335 e. The highest BCUT2D eigenvalue weighted by Gasteiger charge is 2.08. The number of aromatic hydroxyl groups is 1. The number of aromatic carboxylic acids is 1. The molecule has 2 aromatic rings. The first-order valence-corrected chi connectivity index (χ1v) is 4.89. The summed E-state index contributed by atoms with van der Waals surface area (Å²) in [4.78, 5) is 10.8. The van der Waals surface area contributed by atoms with Crippen molar-refractivity contribution < 1.29 is 19.4 Å². The van der Waals surface area contributed by atoms with Crippen LogP contribution in [0.3, 0.4) is 0 Å². The number of rotatable bonds is 2. The SMILES string of the molecule is O=C(O)c1cc(O)cc(-c2cccc(F)c2)c1. The Morgan fingerprint density at radius 2 is 1.82 bits per heavy atom. The Hall–Kier alpha value is -2.36. The summed E-state index contributed by atoms with van der Waals surface area (Å²) in [6.45, 7) is 0. The second-order valence-corrected chi connectivity index (χ2v) is 3.58. The van der Waals surface area contributed by atoms with Crippen LogP contribution in [0.1, 0.15) is 10.4 Å². The summed E-state index contributed by atoms with van der Waals surface area (Å²) in [5.74, 6) is -1.72. The maximum Gasteiger partial charge on any atom is 0.335 e. The second-order valence-electron chi connectivity index (χ2n) is 3.58. The van der Waals surface area contributed by atoms with Crippen LogP contribution in [0.4, 0.5) is 4.39 Å². The molecule has 4 heteroatoms. The Bertz CT molecular complexity index is 579. The summed E-state index contributed by atoms with van der Waals surface area (Å²) in [7, 11) is 0. The molecule has 0 bridgehead atoms. The summed E-state index contributed by atoms with van der Waals surface area (Å²) in [6.07, 6.45) is 0. The van der Waals surface area contributed by atoms with E-state index in [2.05, 4.69) is 0 Å². The third-order valence-electron chi connectivity index (χ3n) is 2.32. The molecule has 2 rings (SSSR count). The lowest BCUT2D eigenvalue weighted by molar-refractivity contribution is 0.0696. The monoisotopic (exact) mass is 232 g/mol. The molecule has 0 aliphatic rings. The fourth-order valence-corrected chi connectivity index (χ4v) is 1.57. The van der Waals surface area contributed by atoms with Crippen LogP contribution in [-0.4, -0.2) is 16.2 Å². The molecule has 0 aliphatic carbocycles. The molecule has 0 saturated carbocycles. The molecule has 0 spiro atoms. The number of hydrogen-bond acceptors (Lipinski definition) is 2. The highest BCUT2D eigenvalue weighted by atomic mass is 19.1. The number of carboxylic acids is 1. The zero-order chi connectivity index (χ0) is 12.4. The summed E-state index contributed by atoms with van der Waals surface area (Å²) in [5.41, 5.74) is 0.939. The van der Waals surface area contributed by atoms with Crippen LogP contribution in [0.2, 0.25) is 0 Å². The number of halogens is 1. The average Bonchev–Trinajstić information content (AvgIpc) is 2.28. The van der Waals surface area contributed by atoms with E-state index < -0.39 is 11.8 Å². The van der Waals surface area contributed by atoms with E-state index in [1.54, 1.807) is 6.07 Å². The lowest BCUT2D eigenvalue weighted by Crippen LogP contribution is -1.96. The first kappa shape index (κ1) is 11.1. The van der Waals surface area contributed by atoms with Crippen molar-refractivity contribution >= 4 is 5.97 Å². The van der Waals surface area contributed by atoms with Crippen molar-refractivity contribution in [2.75, 3.05) is 0 Å². The van der Waals surface area contributed by atoms with Crippen molar-refractivity contribution in [3.05, 3.63) is 53.8 Å². The third-order valence-corrected chi connectivity index (χ3v) is 2.32. The van der Waals surface area contributed by atoms with Gasteiger partial charge in [-0.25, -0.2) is 9.18 Å². The molecule has 0 amide bonds. The Balaban J connectivity index is 2.56. The molecule has 0 saturated heterocycles. The highest BCUT2D eigenvalue weighted by molar-refractivity contribution is 5.90. The third kappa shape index (κ3) is 2.42. The Morgan fingerprint density at radius 1 is 1.06 bits per heavy atom. The number of hydrogen-bond donors (Lipinski definition) is 2. The van der Waals surface area contributed by atoms with Gasteiger partial charge in [0.2, 0.25) is 0 Å². The summed E-state index contributed by atoms with van der Waals surface area (Å²) in [5, 5.41) is 18.3. The number of phenols is 1. The van der Waals surface area contributed by atoms with Gasteiger partial charge >= 0.3 is 5.97 Å². The van der Waals surface area contributed by atoms with E-state index in [0.717, 1.165) is 6.07 Å². The van der Waals surface area contributed by atoms with Gasteiger partial charge in [0.15, 0.2) is 0 Å². The van der Waals surface area contributed by atoms with Crippen molar-refractivity contribution in [3.63, 3.8) is 0 Å². The van der Waals surface area contributed by atoms with Gasteiger partial charge in [-0.05, 0) is 41.5 Å². The quantitative estimate of drug-likeness (QED) is 0.836. The van der Waals surface area contributed by atoms with E-state index in [0.29, 0.717) is 11.1 Å². The van der Waals surface area contributed by atoms with Gasteiger partial charge in [0.05, 0.1) is 5.56 Å². The molecule has 0 aromatic heterocycles.